The Hall–Kier alpha value is -6.13. The van der Waals surface area contributed by atoms with E-state index in [-0.39, 0.29) is 39.1 Å². The molecule has 0 aliphatic heterocycles. The molecule has 10 nitrogen and oxygen atoms in total. The van der Waals surface area contributed by atoms with E-state index in [9.17, 15) is 19.2 Å². The first-order valence-electron chi connectivity index (χ1n) is 19.1. The van der Waals surface area contributed by atoms with Crippen LogP contribution in [0.3, 0.4) is 0 Å². The fraction of sp³-hybridized carbons (Fsp3) is 0.261. The zero-order valence-corrected chi connectivity index (χ0v) is 32.8. The lowest BCUT2D eigenvalue weighted by atomic mass is 10.2. The van der Waals surface area contributed by atoms with Crippen LogP contribution in [-0.2, 0) is 0 Å². The molecule has 0 N–H and O–H groups in total. The number of ether oxygens (including phenoxy) is 6. The molecular weight excluding hydrogens is 748 g/mol. The minimum Gasteiger partial charge on any atom is -0.494 e. The Morgan fingerprint density at radius 2 is 0.737 bits per heavy atom. The fourth-order valence-corrected chi connectivity index (χ4v) is 5.57. The summed E-state index contributed by atoms with van der Waals surface area (Å²) in [5.74, 6) is -0.694. The molecule has 57 heavy (non-hydrogen) atoms. The van der Waals surface area contributed by atoms with Gasteiger partial charge in [-0.25, -0.2) is 19.2 Å². The first-order valence-corrected chi connectivity index (χ1v) is 19.4. The minimum absolute atomic E-state index is 0.0373. The zero-order valence-electron chi connectivity index (χ0n) is 32.0. The molecule has 0 saturated heterocycles. The summed E-state index contributed by atoms with van der Waals surface area (Å²) in [6, 6.07) is 29.3. The van der Waals surface area contributed by atoms with Crippen LogP contribution in [0.1, 0.15) is 107 Å². The molecule has 0 spiro atoms. The molecule has 296 valence electrons. The van der Waals surface area contributed by atoms with Gasteiger partial charge in [-0.2, -0.15) is 0 Å². The highest BCUT2D eigenvalue weighted by Gasteiger charge is 2.17. The standard InChI is InChI=1S/C46H45ClO10/c1-3-5-7-9-29-52-36-19-11-32(12-20-36)43(48)54-38-23-15-34(16-24-38)45(50)56-40-27-28-41(47)42(31-40)57-46(51)35-17-25-39(26-18-35)55-44(49)33-13-21-37(22-14-33)53-30-10-8-6-4-2/h11-28,31H,3-10,29-30H2,1-2H3. The Labute approximate surface area is 337 Å². The summed E-state index contributed by atoms with van der Waals surface area (Å²) in [6.45, 7) is 5.55. The maximum atomic E-state index is 13.0. The Balaban J connectivity index is 1.09. The number of carbonyl (C=O) groups excluding carboxylic acids is 4. The third kappa shape index (κ3) is 13.2. The summed E-state index contributed by atoms with van der Waals surface area (Å²) in [7, 11) is 0. The van der Waals surface area contributed by atoms with Crippen LogP contribution in [0, 0.1) is 0 Å². The molecule has 0 heterocycles. The first-order chi connectivity index (χ1) is 27.7. The maximum absolute atomic E-state index is 13.0. The predicted molar refractivity (Wildman–Crippen MR) is 216 cm³/mol. The van der Waals surface area contributed by atoms with E-state index < -0.39 is 23.9 Å². The Morgan fingerprint density at radius 3 is 1.12 bits per heavy atom. The highest BCUT2D eigenvalue weighted by Crippen LogP contribution is 2.31. The second-order valence-electron chi connectivity index (χ2n) is 13.1. The molecule has 0 atom stereocenters. The number of hydrogen-bond donors (Lipinski definition) is 0. The van der Waals surface area contributed by atoms with Crippen molar-refractivity contribution in [2.24, 2.45) is 0 Å². The van der Waals surface area contributed by atoms with Crippen molar-refractivity contribution in [1.82, 2.24) is 0 Å². The molecule has 11 heteroatoms. The van der Waals surface area contributed by atoms with Gasteiger partial charge < -0.3 is 28.4 Å². The Bertz CT molecular complexity index is 2080. The lowest BCUT2D eigenvalue weighted by Crippen LogP contribution is -2.11. The van der Waals surface area contributed by atoms with Crippen LogP contribution in [0.25, 0.3) is 0 Å². The van der Waals surface area contributed by atoms with Gasteiger partial charge in [-0.1, -0.05) is 64.0 Å². The Kier molecular flexibility index (Phi) is 16.1. The molecule has 0 bridgehead atoms. The highest BCUT2D eigenvalue weighted by atomic mass is 35.5. The number of unbranched alkanes of at least 4 members (excludes halogenated alkanes) is 6. The van der Waals surface area contributed by atoms with Gasteiger partial charge in [0.15, 0.2) is 5.75 Å². The van der Waals surface area contributed by atoms with E-state index in [1.165, 1.54) is 79.6 Å². The van der Waals surface area contributed by atoms with Crippen LogP contribution in [0.5, 0.6) is 34.5 Å². The van der Waals surface area contributed by atoms with E-state index in [1.807, 2.05) is 0 Å². The maximum Gasteiger partial charge on any atom is 0.343 e. The van der Waals surface area contributed by atoms with E-state index in [4.69, 9.17) is 40.0 Å². The third-order valence-electron chi connectivity index (χ3n) is 8.63. The normalized spacial score (nSPS) is 10.6. The van der Waals surface area contributed by atoms with Crippen LogP contribution >= 0.6 is 11.6 Å². The molecule has 0 fully saturated rings. The van der Waals surface area contributed by atoms with Gasteiger partial charge in [0.2, 0.25) is 0 Å². The van der Waals surface area contributed by atoms with E-state index in [0.29, 0.717) is 35.8 Å². The van der Waals surface area contributed by atoms with Gasteiger partial charge in [0, 0.05) is 6.07 Å². The topological polar surface area (TPSA) is 124 Å². The number of rotatable bonds is 20. The largest absolute Gasteiger partial charge is 0.494 e. The fourth-order valence-electron chi connectivity index (χ4n) is 5.41. The molecule has 5 rings (SSSR count). The van der Waals surface area contributed by atoms with Gasteiger partial charge in [0.1, 0.15) is 28.7 Å². The summed E-state index contributed by atoms with van der Waals surface area (Å²) in [5, 5.41) is 0.109. The summed E-state index contributed by atoms with van der Waals surface area (Å²) in [6.07, 6.45) is 8.84. The third-order valence-corrected chi connectivity index (χ3v) is 8.94. The molecule has 0 aliphatic rings. The molecule has 0 unspecified atom stereocenters. The van der Waals surface area contributed by atoms with Gasteiger partial charge in [0.25, 0.3) is 0 Å². The number of hydrogen-bond acceptors (Lipinski definition) is 10. The molecule has 5 aromatic rings. The van der Waals surface area contributed by atoms with Crippen molar-refractivity contribution in [2.45, 2.75) is 65.2 Å². The van der Waals surface area contributed by atoms with E-state index >= 15 is 0 Å². The lowest BCUT2D eigenvalue weighted by molar-refractivity contribution is 0.0723. The van der Waals surface area contributed by atoms with Crippen molar-refractivity contribution in [3.63, 3.8) is 0 Å². The van der Waals surface area contributed by atoms with Crippen LogP contribution in [0.15, 0.2) is 115 Å². The van der Waals surface area contributed by atoms with Crippen molar-refractivity contribution >= 4 is 35.5 Å². The quantitative estimate of drug-likeness (QED) is 0.0427. The van der Waals surface area contributed by atoms with E-state index in [2.05, 4.69) is 13.8 Å². The first kappa shape index (κ1) is 42.0. The summed E-state index contributed by atoms with van der Waals surface area (Å²) in [5.41, 5.74) is 1.05. The number of carbonyl (C=O) groups is 4. The van der Waals surface area contributed by atoms with E-state index in [0.717, 1.165) is 38.5 Å². The summed E-state index contributed by atoms with van der Waals surface area (Å²) >= 11 is 6.29. The molecule has 0 radical (unpaired) electrons. The highest BCUT2D eigenvalue weighted by molar-refractivity contribution is 6.32. The van der Waals surface area contributed by atoms with Crippen molar-refractivity contribution < 1.29 is 47.6 Å². The molecule has 0 saturated carbocycles. The SMILES string of the molecule is CCCCCCOc1ccc(C(=O)Oc2ccc(C(=O)Oc3ccc(Cl)c(OC(=O)c4ccc(OC(=O)c5ccc(OCCCCCC)cc5)cc4)c3)cc2)cc1. The molecule has 0 aliphatic carbocycles. The van der Waals surface area contributed by atoms with Crippen molar-refractivity contribution in [1.29, 1.82) is 0 Å². The Morgan fingerprint density at radius 1 is 0.404 bits per heavy atom. The van der Waals surface area contributed by atoms with Crippen LogP contribution in [0.2, 0.25) is 5.02 Å². The van der Waals surface area contributed by atoms with E-state index in [1.54, 1.807) is 48.5 Å². The number of benzene rings is 5. The van der Waals surface area contributed by atoms with Gasteiger partial charge in [-0.05, 0) is 122 Å². The van der Waals surface area contributed by atoms with Crippen molar-refractivity contribution in [3.8, 4) is 34.5 Å². The van der Waals surface area contributed by atoms with Gasteiger partial charge >= 0.3 is 23.9 Å². The molecule has 5 aromatic carbocycles. The monoisotopic (exact) mass is 792 g/mol. The summed E-state index contributed by atoms with van der Waals surface area (Å²) in [4.78, 5) is 51.2. The van der Waals surface area contributed by atoms with Crippen molar-refractivity contribution in [2.75, 3.05) is 13.2 Å². The smallest absolute Gasteiger partial charge is 0.343 e. The summed E-state index contributed by atoms with van der Waals surface area (Å²) < 4.78 is 33.4. The zero-order chi connectivity index (χ0) is 40.4. The van der Waals surface area contributed by atoms with Crippen LogP contribution in [0.4, 0.5) is 0 Å². The van der Waals surface area contributed by atoms with Gasteiger partial charge in [0.05, 0.1) is 40.5 Å². The average Bonchev–Trinajstić information content (AvgIpc) is 3.22. The van der Waals surface area contributed by atoms with Gasteiger partial charge in [-0.15, -0.1) is 0 Å². The predicted octanol–water partition coefficient (Wildman–Crippen LogP) is 11.1. The number of halogens is 1. The minimum atomic E-state index is -0.740. The van der Waals surface area contributed by atoms with Gasteiger partial charge in [-0.3, -0.25) is 0 Å². The van der Waals surface area contributed by atoms with Crippen LogP contribution < -0.4 is 28.4 Å². The lowest BCUT2D eigenvalue weighted by Gasteiger charge is -2.10. The molecule has 0 amide bonds. The van der Waals surface area contributed by atoms with Crippen LogP contribution in [-0.4, -0.2) is 37.1 Å². The molecular formula is C46H45ClO10. The second-order valence-corrected chi connectivity index (χ2v) is 13.5. The number of esters is 4. The van der Waals surface area contributed by atoms with Crippen molar-refractivity contribution in [3.05, 3.63) is 143 Å². The average molecular weight is 793 g/mol. The molecule has 0 aromatic heterocycles. The second kappa shape index (κ2) is 21.8.